The second kappa shape index (κ2) is 15.9. The summed E-state index contributed by atoms with van der Waals surface area (Å²) in [6.45, 7) is 8.20. The third kappa shape index (κ3) is 7.88. The molecule has 0 saturated heterocycles. The molecule has 0 N–H and O–H groups in total. The van der Waals surface area contributed by atoms with Gasteiger partial charge in [0.15, 0.2) is 0 Å². The van der Waals surface area contributed by atoms with Crippen LogP contribution in [-0.4, -0.2) is 45.4 Å². The molecule has 7 heteroatoms. The van der Waals surface area contributed by atoms with Crippen molar-refractivity contribution < 1.29 is 25.2 Å². The van der Waals surface area contributed by atoms with E-state index in [1.807, 2.05) is 62.4 Å². The number of hydrogen-bond donors (Lipinski definition) is 0. The number of methoxy groups -OCH3 is 2. The number of carbonyl (C=O) groups excluding carboxylic acids is 2. The Hall–Kier alpha value is -2.22. The Morgan fingerprint density at radius 3 is 1.38 bits per heavy atom. The minimum absolute atomic E-state index is 0.277. The summed E-state index contributed by atoms with van der Waals surface area (Å²) in [6.07, 6.45) is 6.59. The Labute approximate surface area is 228 Å². The van der Waals surface area contributed by atoms with E-state index in [2.05, 4.69) is 13.8 Å². The van der Waals surface area contributed by atoms with Crippen LogP contribution in [0.15, 0.2) is 48.5 Å². The van der Waals surface area contributed by atoms with Gasteiger partial charge in [-0.25, -0.2) is 0 Å². The van der Waals surface area contributed by atoms with Crippen LogP contribution in [0.3, 0.4) is 0 Å². The fourth-order valence-corrected chi connectivity index (χ4v) is 14.0. The number of unbranched alkanes of at least 4 members (excludes halogenated alkanes) is 2. The molecule has 0 aliphatic heterocycles. The van der Waals surface area contributed by atoms with Crippen LogP contribution < -0.4 is 16.6 Å². The molecule has 0 aromatic heterocycles. The van der Waals surface area contributed by atoms with E-state index in [0.717, 1.165) is 38.5 Å². The molecule has 0 amide bonds. The fourth-order valence-electron chi connectivity index (χ4n) is 4.55. The van der Waals surface area contributed by atoms with Gasteiger partial charge in [0.05, 0.1) is 0 Å². The van der Waals surface area contributed by atoms with Crippen molar-refractivity contribution in [1.82, 2.24) is 0 Å². The van der Waals surface area contributed by atoms with Gasteiger partial charge in [-0.3, -0.25) is 0 Å². The molecule has 0 aliphatic carbocycles. The molecule has 2 rings (SSSR count). The van der Waals surface area contributed by atoms with Gasteiger partial charge in [-0.2, -0.15) is 0 Å². The second-order valence-corrected chi connectivity index (χ2v) is 17.1. The molecule has 0 radical (unpaired) electrons. The van der Waals surface area contributed by atoms with E-state index < -0.39 is 19.2 Å². The van der Waals surface area contributed by atoms with Crippen LogP contribution in [0.1, 0.15) is 79.1 Å². The van der Waals surface area contributed by atoms with Crippen molar-refractivity contribution in [2.24, 2.45) is 11.8 Å². The summed E-state index contributed by atoms with van der Waals surface area (Å²) >= 11 is -5.07. The van der Waals surface area contributed by atoms with Gasteiger partial charge >= 0.3 is 229 Å². The third-order valence-electron chi connectivity index (χ3n) is 6.88. The Bertz CT molecular complexity index is 912. The zero-order chi connectivity index (χ0) is 27.3. The molecule has 0 heterocycles. The SMILES string of the molecule is CCCCC(CC)C(=O)[O][Sn]([O]C(=O)C(CC)CCCC)([c]1ccccc1OC)[c]1ccccc1OC. The molecular formula is C30H44O6Sn. The van der Waals surface area contributed by atoms with Crippen LogP contribution in [0.25, 0.3) is 0 Å². The standard InChI is InChI=1S/2C8H16O2.2C7H7O.Sn/c2*1-3-5-6-7(4-2)8(9)10;2*1-8-7-5-3-2-4-6-7;/h2*7H,3-6H2,1-2H3,(H,9,10);2*2-5H,1H3;/q;;;;+2/p-2. The molecule has 0 saturated carbocycles. The maximum absolute atomic E-state index is 13.8. The summed E-state index contributed by atoms with van der Waals surface area (Å²) in [7, 11) is 3.15. The van der Waals surface area contributed by atoms with E-state index >= 15 is 0 Å². The molecule has 6 nitrogen and oxygen atoms in total. The average molecular weight is 619 g/mol. The summed E-state index contributed by atoms with van der Waals surface area (Å²) in [5.41, 5.74) is 0. The van der Waals surface area contributed by atoms with Crippen molar-refractivity contribution in [2.45, 2.75) is 79.1 Å². The third-order valence-corrected chi connectivity index (χ3v) is 16.1. The molecule has 2 unspecified atom stereocenters. The average Bonchev–Trinajstić information content (AvgIpc) is 2.93. The molecule has 204 valence electrons. The zero-order valence-electron chi connectivity index (χ0n) is 23.4. The van der Waals surface area contributed by atoms with Crippen LogP contribution in [0.5, 0.6) is 11.5 Å². The van der Waals surface area contributed by atoms with E-state index in [4.69, 9.17) is 15.6 Å². The first-order valence-corrected chi connectivity index (χ1v) is 18.8. The van der Waals surface area contributed by atoms with Crippen molar-refractivity contribution in [3.05, 3.63) is 48.5 Å². The monoisotopic (exact) mass is 620 g/mol. The van der Waals surface area contributed by atoms with Gasteiger partial charge in [0, 0.05) is 0 Å². The van der Waals surface area contributed by atoms with Gasteiger partial charge in [-0.1, -0.05) is 0 Å². The first-order valence-electron chi connectivity index (χ1n) is 13.6. The molecular weight excluding hydrogens is 575 g/mol. The summed E-state index contributed by atoms with van der Waals surface area (Å²) in [5, 5.41) is 0. The van der Waals surface area contributed by atoms with Crippen molar-refractivity contribution in [3.63, 3.8) is 0 Å². The molecule has 2 atom stereocenters. The van der Waals surface area contributed by atoms with Crippen molar-refractivity contribution in [3.8, 4) is 11.5 Å². The number of benzene rings is 2. The van der Waals surface area contributed by atoms with E-state index in [-0.39, 0.29) is 23.8 Å². The Balaban J connectivity index is 2.78. The van der Waals surface area contributed by atoms with Gasteiger partial charge in [-0.05, 0) is 0 Å². The van der Waals surface area contributed by atoms with Crippen LogP contribution >= 0.6 is 0 Å². The molecule has 0 aliphatic rings. The number of carbonyl (C=O) groups is 2. The zero-order valence-corrected chi connectivity index (χ0v) is 26.2. The predicted molar refractivity (Wildman–Crippen MR) is 150 cm³/mol. The van der Waals surface area contributed by atoms with E-state index in [1.165, 1.54) is 0 Å². The Morgan fingerprint density at radius 2 is 1.05 bits per heavy atom. The van der Waals surface area contributed by atoms with Crippen LogP contribution in [0.2, 0.25) is 0 Å². The topological polar surface area (TPSA) is 71.1 Å². The Kier molecular flexibility index (Phi) is 13.3. The number of ether oxygens (including phenoxy) is 2. The normalized spacial score (nSPS) is 12.9. The second-order valence-electron chi connectivity index (χ2n) is 9.35. The Morgan fingerprint density at radius 1 is 0.676 bits per heavy atom. The predicted octanol–water partition coefficient (Wildman–Crippen LogP) is 5.78. The minimum atomic E-state index is -5.07. The summed E-state index contributed by atoms with van der Waals surface area (Å²) in [6, 6.07) is 14.8. The fraction of sp³-hybridized carbons (Fsp3) is 0.533. The molecule has 2 aromatic rings. The molecule has 37 heavy (non-hydrogen) atoms. The van der Waals surface area contributed by atoms with Crippen LogP contribution in [0, 0.1) is 11.8 Å². The van der Waals surface area contributed by atoms with E-state index in [0.29, 0.717) is 31.5 Å². The van der Waals surface area contributed by atoms with Gasteiger partial charge in [-0.15, -0.1) is 0 Å². The number of hydrogen-bond acceptors (Lipinski definition) is 6. The quantitative estimate of drug-likeness (QED) is 0.222. The van der Waals surface area contributed by atoms with E-state index in [1.54, 1.807) is 14.2 Å². The molecule has 0 bridgehead atoms. The van der Waals surface area contributed by atoms with E-state index in [9.17, 15) is 9.59 Å². The van der Waals surface area contributed by atoms with Crippen LogP contribution in [0.4, 0.5) is 0 Å². The summed E-state index contributed by atoms with van der Waals surface area (Å²) in [5.74, 6) is -0.126. The molecule has 2 aromatic carbocycles. The van der Waals surface area contributed by atoms with Crippen molar-refractivity contribution in [2.75, 3.05) is 14.2 Å². The first-order chi connectivity index (χ1) is 17.9. The number of rotatable bonds is 16. The van der Waals surface area contributed by atoms with Gasteiger partial charge in [0.1, 0.15) is 0 Å². The van der Waals surface area contributed by atoms with Crippen molar-refractivity contribution in [1.29, 1.82) is 0 Å². The van der Waals surface area contributed by atoms with Gasteiger partial charge in [0.25, 0.3) is 0 Å². The van der Waals surface area contributed by atoms with Crippen molar-refractivity contribution >= 4 is 38.3 Å². The summed E-state index contributed by atoms with van der Waals surface area (Å²) in [4.78, 5) is 27.6. The molecule has 0 spiro atoms. The van der Waals surface area contributed by atoms with Gasteiger partial charge in [0.2, 0.25) is 0 Å². The molecule has 0 fully saturated rings. The summed E-state index contributed by atoms with van der Waals surface area (Å²) < 4.78 is 25.9. The number of para-hydroxylation sites is 2. The maximum atomic E-state index is 13.8. The van der Waals surface area contributed by atoms with Gasteiger partial charge < -0.3 is 0 Å². The first kappa shape index (κ1) is 31.0. The van der Waals surface area contributed by atoms with Crippen LogP contribution in [-0.2, 0) is 15.7 Å².